The molecule has 7 heteroatoms. The summed E-state index contributed by atoms with van der Waals surface area (Å²) >= 11 is 0. The molecule has 0 bridgehead atoms. The molecule has 6 nitrogen and oxygen atoms in total. The predicted molar refractivity (Wildman–Crippen MR) is 61.3 cm³/mol. The Morgan fingerprint density at radius 1 is 1.33 bits per heavy atom. The van der Waals surface area contributed by atoms with Crippen molar-refractivity contribution in [2.75, 3.05) is 13.2 Å². The minimum absolute atomic E-state index is 0.00201. The molecule has 96 valence electrons. The summed E-state index contributed by atoms with van der Waals surface area (Å²) in [6.07, 6.45) is 0. The molecule has 1 heterocycles. The number of hydrogen-bond acceptors (Lipinski definition) is 5. The summed E-state index contributed by atoms with van der Waals surface area (Å²) in [4.78, 5) is 22.5. The van der Waals surface area contributed by atoms with Gasteiger partial charge in [-0.3, -0.25) is 9.59 Å². The molecule has 0 spiro atoms. The van der Waals surface area contributed by atoms with Gasteiger partial charge in [-0.05, 0) is 12.1 Å². The number of nitrogens with zero attached hydrogens (tertiary/aromatic N) is 1. The standard InChI is InChI=1S/C11H11NO5S/c1-8(13)17-7-6-12-11(14)9-4-2-3-5-10(9)18(12,15)16/h2-5H,6-7H2,1H3. The van der Waals surface area contributed by atoms with Gasteiger partial charge in [-0.1, -0.05) is 12.1 Å². The first-order valence-electron chi connectivity index (χ1n) is 5.24. The summed E-state index contributed by atoms with van der Waals surface area (Å²) in [5.41, 5.74) is 0.153. The SMILES string of the molecule is CC(=O)OCCN1C(=O)c2ccccc2S1(=O)=O. The third kappa shape index (κ3) is 1.97. The maximum Gasteiger partial charge on any atom is 0.302 e. The van der Waals surface area contributed by atoms with Crippen LogP contribution >= 0.6 is 0 Å². The molecule has 0 saturated carbocycles. The molecule has 0 radical (unpaired) electrons. The summed E-state index contributed by atoms with van der Waals surface area (Å²) in [5, 5.41) is 0. The highest BCUT2D eigenvalue weighted by molar-refractivity contribution is 7.90. The second kappa shape index (κ2) is 4.41. The summed E-state index contributed by atoms with van der Waals surface area (Å²) in [6, 6.07) is 6.00. The molecule has 0 N–H and O–H groups in total. The number of fused-ring (bicyclic) bond motifs is 1. The first kappa shape index (κ1) is 12.6. The van der Waals surface area contributed by atoms with Gasteiger partial charge in [-0.2, -0.15) is 0 Å². The molecular formula is C11H11NO5S. The van der Waals surface area contributed by atoms with Gasteiger partial charge >= 0.3 is 5.97 Å². The van der Waals surface area contributed by atoms with Gasteiger partial charge in [0.1, 0.15) is 11.5 Å². The number of amides is 1. The molecular weight excluding hydrogens is 258 g/mol. The van der Waals surface area contributed by atoms with Gasteiger partial charge in [0.2, 0.25) is 0 Å². The zero-order valence-corrected chi connectivity index (χ0v) is 10.4. The van der Waals surface area contributed by atoms with Crippen molar-refractivity contribution in [2.24, 2.45) is 0 Å². The Kier molecular flexibility index (Phi) is 3.08. The van der Waals surface area contributed by atoms with Gasteiger partial charge in [0, 0.05) is 6.92 Å². The minimum atomic E-state index is -3.80. The van der Waals surface area contributed by atoms with Gasteiger partial charge in [0.25, 0.3) is 15.9 Å². The van der Waals surface area contributed by atoms with Gasteiger partial charge in [-0.25, -0.2) is 12.7 Å². The Morgan fingerprint density at radius 3 is 2.61 bits per heavy atom. The van der Waals surface area contributed by atoms with Crippen molar-refractivity contribution in [1.29, 1.82) is 0 Å². The quantitative estimate of drug-likeness (QED) is 0.742. The van der Waals surface area contributed by atoms with E-state index in [0.29, 0.717) is 0 Å². The number of carbonyl (C=O) groups excluding carboxylic acids is 2. The van der Waals surface area contributed by atoms with E-state index in [1.54, 1.807) is 12.1 Å². The van der Waals surface area contributed by atoms with E-state index in [1.165, 1.54) is 19.1 Å². The average molecular weight is 269 g/mol. The van der Waals surface area contributed by atoms with Crippen LogP contribution in [0.3, 0.4) is 0 Å². The molecule has 0 aromatic heterocycles. The number of ether oxygens (including phenoxy) is 1. The van der Waals surface area contributed by atoms with Crippen LogP contribution in [0.25, 0.3) is 0 Å². The lowest BCUT2D eigenvalue weighted by atomic mass is 10.2. The van der Waals surface area contributed by atoms with Crippen molar-refractivity contribution >= 4 is 21.9 Å². The molecule has 2 rings (SSSR count). The molecule has 0 unspecified atom stereocenters. The minimum Gasteiger partial charge on any atom is -0.464 e. The second-order valence-corrected chi connectivity index (χ2v) is 5.55. The Balaban J connectivity index is 2.25. The van der Waals surface area contributed by atoms with E-state index in [-0.39, 0.29) is 23.6 Å². The Labute approximate surface area is 104 Å². The van der Waals surface area contributed by atoms with E-state index in [1.807, 2.05) is 0 Å². The fraction of sp³-hybridized carbons (Fsp3) is 0.273. The number of rotatable bonds is 3. The van der Waals surface area contributed by atoms with Crippen molar-refractivity contribution in [1.82, 2.24) is 4.31 Å². The van der Waals surface area contributed by atoms with Crippen LogP contribution in [0, 0.1) is 0 Å². The van der Waals surface area contributed by atoms with Gasteiger partial charge < -0.3 is 4.74 Å². The van der Waals surface area contributed by atoms with Crippen molar-refractivity contribution < 1.29 is 22.7 Å². The van der Waals surface area contributed by atoms with Crippen molar-refractivity contribution in [3.05, 3.63) is 29.8 Å². The van der Waals surface area contributed by atoms with E-state index >= 15 is 0 Å². The lowest BCUT2D eigenvalue weighted by molar-refractivity contribution is -0.141. The maximum atomic E-state index is 12.0. The van der Waals surface area contributed by atoms with Crippen molar-refractivity contribution in [2.45, 2.75) is 11.8 Å². The largest absolute Gasteiger partial charge is 0.464 e. The Hall–Kier alpha value is -1.89. The molecule has 18 heavy (non-hydrogen) atoms. The summed E-state index contributed by atoms with van der Waals surface area (Å²) < 4.78 is 29.4. The number of esters is 1. The van der Waals surface area contributed by atoms with E-state index in [9.17, 15) is 18.0 Å². The van der Waals surface area contributed by atoms with Crippen LogP contribution in [0.4, 0.5) is 0 Å². The zero-order chi connectivity index (χ0) is 13.3. The predicted octanol–water partition coefficient (Wildman–Crippen LogP) is 0.394. The zero-order valence-electron chi connectivity index (χ0n) is 9.62. The van der Waals surface area contributed by atoms with Crippen molar-refractivity contribution in [3.8, 4) is 0 Å². The molecule has 1 amide bonds. The monoisotopic (exact) mass is 269 g/mol. The molecule has 1 aliphatic heterocycles. The fourth-order valence-electron chi connectivity index (χ4n) is 1.72. The highest BCUT2D eigenvalue weighted by Crippen LogP contribution is 2.29. The third-order valence-corrected chi connectivity index (χ3v) is 4.35. The van der Waals surface area contributed by atoms with E-state index in [0.717, 1.165) is 4.31 Å². The number of benzene rings is 1. The van der Waals surface area contributed by atoms with Gasteiger partial charge in [0.15, 0.2) is 0 Å². The lowest BCUT2D eigenvalue weighted by Gasteiger charge is -2.14. The molecule has 1 aliphatic rings. The summed E-state index contributed by atoms with van der Waals surface area (Å²) in [5.74, 6) is -1.10. The van der Waals surface area contributed by atoms with E-state index in [4.69, 9.17) is 0 Å². The number of carbonyl (C=O) groups is 2. The van der Waals surface area contributed by atoms with Crippen LogP contribution < -0.4 is 0 Å². The number of hydrogen-bond donors (Lipinski definition) is 0. The second-order valence-electron chi connectivity index (χ2n) is 3.72. The van der Waals surface area contributed by atoms with Crippen LogP contribution in [0.5, 0.6) is 0 Å². The van der Waals surface area contributed by atoms with Gasteiger partial charge in [-0.15, -0.1) is 0 Å². The van der Waals surface area contributed by atoms with Crippen LogP contribution in [0.1, 0.15) is 17.3 Å². The molecule has 1 aromatic rings. The fourth-order valence-corrected chi connectivity index (χ4v) is 3.28. The molecule has 0 fully saturated rings. The Bertz CT molecular complexity index is 608. The smallest absolute Gasteiger partial charge is 0.302 e. The number of sulfonamides is 1. The first-order valence-corrected chi connectivity index (χ1v) is 6.68. The average Bonchev–Trinajstić information content (AvgIpc) is 2.50. The molecule has 0 aliphatic carbocycles. The third-order valence-electron chi connectivity index (χ3n) is 2.51. The molecule has 0 atom stereocenters. The van der Waals surface area contributed by atoms with Crippen LogP contribution in [0.2, 0.25) is 0 Å². The van der Waals surface area contributed by atoms with Crippen molar-refractivity contribution in [3.63, 3.8) is 0 Å². The molecule has 1 aromatic carbocycles. The maximum absolute atomic E-state index is 12.0. The highest BCUT2D eigenvalue weighted by atomic mass is 32.2. The summed E-state index contributed by atoms with van der Waals surface area (Å²) in [7, 11) is -3.80. The van der Waals surface area contributed by atoms with E-state index < -0.39 is 21.9 Å². The van der Waals surface area contributed by atoms with E-state index in [2.05, 4.69) is 4.74 Å². The normalized spacial score (nSPS) is 16.5. The van der Waals surface area contributed by atoms with Gasteiger partial charge in [0.05, 0.1) is 12.1 Å². The highest BCUT2D eigenvalue weighted by Gasteiger charge is 2.40. The van der Waals surface area contributed by atoms with Crippen LogP contribution in [-0.4, -0.2) is 37.8 Å². The van der Waals surface area contributed by atoms with Crippen LogP contribution in [0.15, 0.2) is 29.2 Å². The topological polar surface area (TPSA) is 80.8 Å². The first-order chi connectivity index (χ1) is 8.44. The lowest BCUT2D eigenvalue weighted by Crippen LogP contribution is -2.33. The molecule has 0 saturated heterocycles. The Morgan fingerprint density at radius 2 is 2.00 bits per heavy atom. The van der Waals surface area contributed by atoms with Crippen LogP contribution in [-0.2, 0) is 19.6 Å². The summed E-state index contributed by atoms with van der Waals surface area (Å²) in [6.45, 7) is 0.902.